The minimum atomic E-state index is 0.356. The fourth-order valence-electron chi connectivity index (χ4n) is 2.11. The van der Waals surface area contributed by atoms with Gasteiger partial charge in [0.25, 0.3) is 0 Å². The molecule has 0 amide bonds. The third kappa shape index (κ3) is 3.33. The lowest BCUT2D eigenvalue weighted by atomic mass is 10.0. The van der Waals surface area contributed by atoms with Crippen LogP contribution in [-0.4, -0.2) is 13.2 Å². The van der Waals surface area contributed by atoms with Crippen LogP contribution in [0.5, 0.6) is 0 Å². The maximum atomic E-state index is 5.47. The highest BCUT2D eigenvalue weighted by Crippen LogP contribution is 2.31. The van der Waals surface area contributed by atoms with Gasteiger partial charge in [0, 0.05) is 9.75 Å². The summed E-state index contributed by atoms with van der Waals surface area (Å²) in [6.45, 7) is 6.29. The third-order valence-electron chi connectivity index (χ3n) is 2.98. The Bertz CT molecular complexity index is 383. The molecule has 1 N–H and O–H groups in total. The third-order valence-corrected chi connectivity index (χ3v) is 4.04. The summed E-state index contributed by atoms with van der Waals surface area (Å²) in [4.78, 5) is 2.79. The van der Waals surface area contributed by atoms with Crippen LogP contribution >= 0.6 is 11.3 Å². The minimum absolute atomic E-state index is 0.356. The molecule has 1 aliphatic rings. The fraction of sp³-hybridized carbons (Fsp3) is 0.571. The Hall–Kier alpha value is -0.800. The van der Waals surface area contributed by atoms with Crippen LogP contribution in [0.2, 0.25) is 0 Å². The van der Waals surface area contributed by atoms with Crippen molar-refractivity contribution in [3.63, 3.8) is 0 Å². The molecule has 2 heterocycles. The molecule has 3 heteroatoms. The highest BCUT2D eigenvalue weighted by molar-refractivity contribution is 7.12. The molecule has 2 rings (SSSR count). The molecule has 1 unspecified atom stereocenters. The average molecular weight is 251 g/mol. The van der Waals surface area contributed by atoms with Crippen LogP contribution in [0.25, 0.3) is 0 Å². The van der Waals surface area contributed by atoms with Gasteiger partial charge in [-0.05, 0) is 50.4 Å². The molecule has 0 saturated heterocycles. The summed E-state index contributed by atoms with van der Waals surface area (Å²) in [5.74, 6) is 0. The van der Waals surface area contributed by atoms with E-state index in [1.165, 1.54) is 15.3 Å². The van der Waals surface area contributed by atoms with Crippen LogP contribution in [0, 0.1) is 6.92 Å². The number of nitrogens with one attached hydrogen (secondary N) is 1. The maximum absolute atomic E-state index is 5.47. The Morgan fingerprint density at radius 3 is 2.94 bits per heavy atom. The van der Waals surface area contributed by atoms with Crippen molar-refractivity contribution < 1.29 is 4.74 Å². The molecule has 0 fully saturated rings. The second-order valence-electron chi connectivity index (χ2n) is 4.50. The van der Waals surface area contributed by atoms with Crippen molar-refractivity contribution in [1.82, 2.24) is 5.32 Å². The zero-order valence-electron chi connectivity index (χ0n) is 10.7. The highest BCUT2D eigenvalue weighted by Gasteiger charge is 2.19. The Kier molecular flexibility index (Phi) is 4.63. The lowest BCUT2D eigenvalue weighted by molar-refractivity contribution is 0.219. The smallest absolute Gasteiger partial charge is 0.0876 e. The zero-order chi connectivity index (χ0) is 12.1. The van der Waals surface area contributed by atoms with Gasteiger partial charge in [-0.15, -0.1) is 11.3 Å². The molecule has 0 saturated carbocycles. The van der Waals surface area contributed by atoms with E-state index in [4.69, 9.17) is 4.74 Å². The summed E-state index contributed by atoms with van der Waals surface area (Å²) in [5, 5.41) is 3.63. The molecule has 2 nitrogen and oxygen atoms in total. The monoisotopic (exact) mass is 251 g/mol. The standard InChI is InChI=1S/C14H21NOS/c1-3-8-15-14(12-5-4-9-16-10-12)13-7-6-11(2)17-13/h6-7,10,14-15H,3-5,8-9H2,1-2H3. The van der Waals surface area contributed by atoms with E-state index in [9.17, 15) is 0 Å². The summed E-state index contributed by atoms with van der Waals surface area (Å²) in [6.07, 6.45) is 5.42. The predicted molar refractivity (Wildman–Crippen MR) is 73.4 cm³/mol. The van der Waals surface area contributed by atoms with Crippen LogP contribution in [-0.2, 0) is 4.74 Å². The molecular formula is C14H21NOS. The molecule has 1 aromatic heterocycles. The van der Waals surface area contributed by atoms with Gasteiger partial charge in [0.15, 0.2) is 0 Å². The predicted octanol–water partition coefficient (Wildman–Crippen LogP) is 3.79. The average Bonchev–Trinajstić information content (AvgIpc) is 2.78. The van der Waals surface area contributed by atoms with Gasteiger partial charge < -0.3 is 10.1 Å². The van der Waals surface area contributed by atoms with E-state index in [1.807, 2.05) is 17.6 Å². The summed E-state index contributed by atoms with van der Waals surface area (Å²) in [7, 11) is 0. The molecule has 0 aromatic carbocycles. The number of thiophene rings is 1. The summed E-state index contributed by atoms with van der Waals surface area (Å²) < 4.78 is 5.47. The second kappa shape index (κ2) is 6.22. The Balaban J connectivity index is 2.15. The molecule has 0 spiro atoms. The van der Waals surface area contributed by atoms with Gasteiger partial charge >= 0.3 is 0 Å². The molecule has 1 aromatic rings. The van der Waals surface area contributed by atoms with Crippen LogP contribution in [0.4, 0.5) is 0 Å². The van der Waals surface area contributed by atoms with Gasteiger partial charge in [-0.25, -0.2) is 0 Å². The van der Waals surface area contributed by atoms with E-state index < -0.39 is 0 Å². The number of hydrogen-bond donors (Lipinski definition) is 1. The van der Waals surface area contributed by atoms with E-state index in [0.717, 1.165) is 32.4 Å². The van der Waals surface area contributed by atoms with Gasteiger partial charge in [-0.3, -0.25) is 0 Å². The quantitative estimate of drug-likeness (QED) is 0.859. The van der Waals surface area contributed by atoms with Crippen molar-refractivity contribution in [2.45, 2.75) is 39.2 Å². The van der Waals surface area contributed by atoms with Crippen LogP contribution in [0.1, 0.15) is 42.0 Å². The topological polar surface area (TPSA) is 21.3 Å². The minimum Gasteiger partial charge on any atom is -0.501 e. The van der Waals surface area contributed by atoms with Crippen molar-refractivity contribution in [2.75, 3.05) is 13.2 Å². The van der Waals surface area contributed by atoms with Gasteiger partial charge in [-0.2, -0.15) is 0 Å². The van der Waals surface area contributed by atoms with E-state index in [1.54, 1.807) is 0 Å². The number of rotatable bonds is 5. The molecule has 0 radical (unpaired) electrons. The van der Waals surface area contributed by atoms with Crippen LogP contribution in [0.3, 0.4) is 0 Å². The molecule has 1 aliphatic heterocycles. The van der Waals surface area contributed by atoms with Crippen molar-refractivity contribution in [3.8, 4) is 0 Å². The van der Waals surface area contributed by atoms with Gasteiger partial charge in [0.1, 0.15) is 0 Å². The molecule has 0 bridgehead atoms. The van der Waals surface area contributed by atoms with E-state index >= 15 is 0 Å². The lowest BCUT2D eigenvalue weighted by Crippen LogP contribution is -2.24. The van der Waals surface area contributed by atoms with Crippen molar-refractivity contribution in [3.05, 3.63) is 33.7 Å². The Morgan fingerprint density at radius 1 is 1.47 bits per heavy atom. The number of aryl methyl sites for hydroxylation is 1. The van der Waals surface area contributed by atoms with Crippen molar-refractivity contribution >= 4 is 11.3 Å². The van der Waals surface area contributed by atoms with Crippen LogP contribution in [0.15, 0.2) is 24.0 Å². The molecule has 1 atom stereocenters. The summed E-state index contributed by atoms with van der Waals surface area (Å²) in [5.41, 5.74) is 1.39. The first-order chi connectivity index (χ1) is 8.31. The number of hydrogen-bond acceptors (Lipinski definition) is 3. The SMILES string of the molecule is CCCNC(C1=COCCC1)c1ccc(C)s1. The first-order valence-electron chi connectivity index (χ1n) is 6.41. The second-order valence-corrected chi connectivity index (χ2v) is 5.82. The number of ether oxygens (including phenoxy) is 1. The fourth-order valence-corrected chi connectivity index (χ4v) is 3.11. The van der Waals surface area contributed by atoms with E-state index in [2.05, 4.69) is 31.3 Å². The first kappa shape index (κ1) is 12.7. The highest BCUT2D eigenvalue weighted by atomic mass is 32.1. The van der Waals surface area contributed by atoms with Crippen LogP contribution < -0.4 is 5.32 Å². The molecule has 94 valence electrons. The van der Waals surface area contributed by atoms with Crippen molar-refractivity contribution in [1.29, 1.82) is 0 Å². The Labute approximate surface area is 108 Å². The maximum Gasteiger partial charge on any atom is 0.0876 e. The largest absolute Gasteiger partial charge is 0.501 e. The van der Waals surface area contributed by atoms with Crippen molar-refractivity contribution in [2.24, 2.45) is 0 Å². The summed E-state index contributed by atoms with van der Waals surface area (Å²) >= 11 is 1.88. The van der Waals surface area contributed by atoms with Gasteiger partial charge in [0.05, 0.1) is 18.9 Å². The molecular weight excluding hydrogens is 230 g/mol. The normalized spacial score (nSPS) is 17.4. The van der Waals surface area contributed by atoms with E-state index in [0.29, 0.717) is 6.04 Å². The lowest BCUT2D eigenvalue weighted by Gasteiger charge is -2.23. The van der Waals surface area contributed by atoms with Gasteiger partial charge in [-0.1, -0.05) is 6.92 Å². The summed E-state index contributed by atoms with van der Waals surface area (Å²) in [6, 6.07) is 4.79. The first-order valence-corrected chi connectivity index (χ1v) is 7.23. The van der Waals surface area contributed by atoms with E-state index in [-0.39, 0.29) is 0 Å². The zero-order valence-corrected chi connectivity index (χ0v) is 11.5. The molecule has 17 heavy (non-hydrogen) atoms. The van der Waals surface area contributed by atoms with Gasteiger partial charge in [0.2, 0.25) is 0 Å². The Morgan fingerprint density at radius 2 is 2.35 bits per heavy atom. The molecule has 0 aliphatic carbocycles.